The molecule has 0 amide bonds. The van der Waals surface area contributed by atoms with Crippen molar-refractivity contribution >= 4 is 5.69 Å². The third kappa shape index (κ3) is 2.77. The summed E-state index contributed by atoms with van der Waals surface area (Å²) in [5.41, 5.74) is 7.33. The molecule has 0 saturated carbocycles. The number of nitrogens with two attached hydrogens (primary N) is 1. The quantitative estimate of drug-likeness (QED) is 0.907. The lowest BCUT2D eigenvalue weighted by Crippen LogP contribution is -2.60. The molecule has 0 spiro atoms. The van der Waals surface area contributed by atoms with Gasteiger partial charge in [0, 0.05) is 32.3 Å². The highest BCUT2D eigenvalue weighted by atomic mass is 16.5. The smallest absolute Gasteiger partial charge is 0.0674 e. The van der Waals surface area contributed by atoms with Gasteiger partial charge in [-0.25, -0.2) is 0 Å². The summed E-state index contributed by atoms with van der Waals surface area (Å²) in [7, 11) is 2.16. The van der Waals surface area contributed by atoms with E-state index in [-0.39, 0.29) is 11.1 Å². The van der Waals surface area contributed by atoms with Crippen LogP contribution in [0.5, 0.6) is 0 Å². The van der Waals surface area contributed by atoms with Crippen molar-refractivity contribution in [3.63, 3.8) is 0 Å². The van der Waals surface area contributed by atoms with Gasteiger partial charge in [-0.3, -0.25) is 0 Å². The third-order valence-corrected chi connectivity index (χ3v) is 4.70. The Morgan fingerprint density at radius 3 is 2.58 bits per heavy atom. The van der Waals surface area contributed by atoms with Gasteiger partial charge in [-0.15, -0.1) is 0 Å². The van der Waals surface area contributed by atoms with Gasteiger partial charge in [0.15, 0.2) is 0 Å². The zero-order valence-corrected chi connectivity index (χ0v) is 12.4. The number of likely N-dealkylation sites (N-methyl/N-ethyl adjacent to an activating group) is 1. The molecule has 1 aliphatic rings. The molecule has 3 nitrogen and oxygen atoms in total. The molecule has 1 aliphatic heterocycles. The van der Waals surface area contributed by atoms with Gasteiger partial charge >= 0.3 is 0 Å². The second-order valence-electron chi connectivity index (χ2n) is 5.90. The summed E-state index contributed by atoms with van der Waals surface area (Å²) >= 11 is 0. The Labute approximate surface area is 116 Å². The topological polar surface area (TPSA) is 38.5 Å². The van der Waals surface area contributed by atoms with Gasteiger partial charge in [-0.05, 0) is 31.9 Å². The maximum absolute atomic E-state index is 6.16. The van der Waals surface area contributed by atoms with Crippen LogP contribution >= 0.6 is 0 Å². The van der Waals surface area contributed by atoms with E-state index in [1.54, 1.807) is 0 Å². The first-order valence-electron chi connectivity index (χ1n) is 7.18. The van der Waals surface area contributed by atoms with Gasteiger partial charge in [-0.1, -0.05) is 25.1 Å². The average molecular weight is 262 g/mol. The summed E-state index contributed by atoms with van der Waals surface area (Å²) in [6.07, 6.45) is 3.00. The predicted octanol–water partition coefficient (Wildman–Crippen LogP) is 2.80. The molecule has 1 saturated heterocycles. The fraction of sp³-hybridized carbons (Fsp3) is 0.625. The van der Waals surface area contributed by atoms with E-state index < -0.39 is 0 Å². The van der Waals surface area contributed by atoms with Gasteiger partial charge in [0.05, 0.1) is 11.1 Å². The number of anilines is 1. The number of nitrogens with zero attached hydrogens (tertiary/aromatic N) is 1. The second kappa shape index (κ2) is 5.51. The highest BCUT2D eigenvalue weighted by Crippen LogP contribution is 2.39. The first kappa shape index (κ1) is 14.4. The lowest BCUT2D eigenvalue weighted by Gasteiger charge is -2.51. The van der Waals surface area contributed by atoms with Gasteiger partial charge < -0.3 is 15.4 Å². The predicted molar refractivity (Wildman–Crippen MR) is 80.5 cm³/mol. The molecule has 1 fully saturated rings. The van der Waals surface area contributed by atoms with Crippen molar-refractivity contribution in [2.45, 2.75) is 44.2 Å². The van der Waals surface area contributed by atoms with E-state index in [0.29, 0.717) is 6.54 Å². The van der Waals surface area contributed by atoms with Crippen molar-refractivity contribution in [3.8, 4) is 0 Å². The maximum atomic E-state index is 6.16. The molecule has 106 valence electrons. The monoisotopic (exact) mass is 262 g/mol. The molecule has 2 rings (SSSR count). The Balaban J connectivity index is 2.27. The first-order chi connectivity index (χ1) is 9.05. The summed E-state index contributed by atoms with van der Waals surface area (Å²) in [5, 5.41) is 0. The van der Waals surface area contributed by atoms with Crippen molar-refractivity contribution in [1.29, 1.82) is 0 Å². The number of rotatable bonds is 4. The molecule has 1 aromatic rings. The Kier molecular flexibility index (Phi) is 4.16. The van der Waals surface area contributed by atoms with E-state index in [2.05, 4.69) is 50.1 Å². The molecule has 0 aromatic heterocycles. The van der Waals surface area contributed by atoms with Crippen molar-refractivity contribution in [2.75, 3.05) is 25.1 Å². The maximum Gasteiger partial charge on any atom is 0.0674 e. The molecule has 1 aromatic carbocycles. The molecule has 0 aliphatic carbocycles. The van der Waals surface area contributed by atoms with Gasteiger partial charge in [0.2, 0.25) is 0 Å². The summed E-state index contributed by atoms with van der Waals surface area (Å²) in [4.78, 5) is 2.35. The standard InChI is InChI=1S/C16H26N2O/c1-4-15(2)12-16(13-17,10-11-19-15)18(3)14-8-6-5-7-9-14/h5-9H,4,10-13,17H2,1-3H3. The SMILES string of the molecule is CCC1(C)CC(CN)(N(C)c2ccccc2)CCO1. The van der Waals surface area contributed by atoms with E-state index >= 15 is 0 Å². The van der Waals surface area contributed by atoms with Gasteiger partial charge in [0.25, 0.3) is 0 Å². The molecule has 3 heteroatoms. The summed E-state index contributed by atoms with van der Waals surface area (Å²) in [5.74, 6) is 0. The van der Waals surface area contributed by atoms with E-state index in [1.165, 1.54) is 5.69 Å². The number of hydrogen-bond donors (Lipinski definition) is 1. The van der Waals surface area contributed by atoms with Crippen LogP contribution in [0.3, 0.4) is 0 Å². The van der Waals surface area contributed by atoms with Crippen LogP contribution in [0.1, 0.15) is 33.1 Å². The van der Waals surface area contributed by atoms with Crippen LogP contribution < -0.4 is 10.6 Å². The third-order valence-electron chi connectivity index (χ3n) is 4.70. The van der Waals surface area contributed by atoms with Crippen molar-refractivity contribution in [3.05, 3.63) is 30.3 Å². The molecule has 2 atom stereocenters. The zero-order valence-electron chi connectivity index (χ0n) is 12.4. The number of hydrogen-bond acceptors (Lipinski definition) is 3. The van der Waals surface area contributed by atoms with Crippen molar-refractivity contribution < 1.29 is 4.74 Å². The fourth-order valence-electron chi connectivity index (χ4n) is 3.07. The number of para-hydroxylation sites is 1. The van der Waals surface area contributed by atoms with Crippen LogP contribution in [-0.2, 0) is 4.74 Å². The Morgan fingerprint density at radius 2 is 2.00 bits per heavy atom. The molecule has 0 bridgehead atoms. The first-order valence-corrected chi connectivity index (χ1v) is 7.18. The van der Waals surface area contributed by atoms with Crippen LogP contribution in [0.2, 0.25) is 0 Å². The molecule has 19 heavy (non-hydrogen) atoms. The van der Waals surface area contributed by atoms with Crippen molar-refractivity contribution in [1.82, 2.24) is 0 Å². The Morgan fingerprint density at radius 1 is 1.32 bits per heavy atom. The summed E-state index contributed by atoms with van der Waals surface area (Å²) in [6.45, 7) is 5.85. The van der Waals surface area contributed by atoms with E-state index in [0.717, 1.165) is 25.9 Å². The molecular formula is C16H26N2O. The second-order valence-corrected chi connectivity index (χ2v) is 5.90. The van der Waals surface area contributed by atoms with Crippen LogP contribution in [-0.4, -0.2) is 31.3 Å². The minimum absolute atomic E-state index is 0.00433. The Hall–Kier alpha value is -1.06. The van der Waals surface area contributed by atoms with Crippen LogP contribution in [0.4, 0.5) is 5.69 Å². The summed E-state index contributed by atoms with van der Waals surface area (Å²) < 4.78 is 5.98. The fourth-order valence-corrected chi connectivity index (χ4v) is 3.07. The van der Waals surface area contributed by atoms with Crippen LogP contribution in [0.25, 0.3) is 0 Å². The van der Waals surface area contributed by atoms with Crippen LogP contribution in [0.15, 0.2) is 30.3 Å². The zero-order chi connectivity index (χ0) is 13.9. The lowest BCUT2D eigenvalue weighted by atomic mass is 9.78. The lowest BCUT2D eigenvalue weighted by molar-refractivity contribution is -0.0928. The molecular weight excluding hydrogens is 236 g/mol. The van der Waals surface area contributed by atoms with Gasteiger partial charge in [-0.2, -0.15) is 0 Å². The molecule has 2 unspecified atom stereocenters. The number of ether oxygens (including phenoxy) is 1. The minimum atomic E-state index is -0.0549. The van der Waals surface area contributed by atoms with Crippen LogP contribution in [0, 0.1) is 0 Å². The Bertz CT molecular complexity index is 408. The van der Waals surface area contributed by atoms with E-state index in [1.807, 2.05) is 6.07 Å². The van der Waals surface area contributed by atoms with E-state index in [9.17, 15) is 0 Å². The van der Waals surface area contributed by atoms with Crippen molar-refractivity contribution in [2.24, 2.45) is 5.73 Å². The minimum Gasteiger partial charge on any atom is -0.375 e. The molecule has 0 radical (unpaired) electrons. The largest absolute Gasteiger partial charge is 0.375 e. The molecule has 2 N–H and O–H groups in total. The van der Waals surface area contributed by atoms with Gasteiger partial charge in [0.1, 0.15) is 0 Å². The van der Waals surface area contributed by atoms with E-state index in [4.69, 9.17) is 10.5 Å². The highest BCUT2D eigenvalue weighted by molar-refractivity contribution is 5.48. The normalized spacial score (nSPS) is 31.2. The summed E-state index contributed by atoms with van der Waals surface area (Å²) in [6, 6.07) is 10.5. The molecule has 1 heterocycles. The highest BCUT2D eigenvalue weighted by Gasteiger charge is 2.44. The average Bonchev–Trinajstić information content (AvgIpc) is 2.47. The number of benzene rings is 1.